The standard InChI is InChI=1S/C6HF5.B/c7-2-1-3(8)5(10)6(11)4(2)9;/h1H;. The topological polar surface area (TPSA) is 0 Å². The fourth-order valence-corrected chi connectivity index (χ4v) is 0.544. The SMILES string of the molecule is Fc1cc(F)c(F)c(F)c1F.[B]. The van der Waals surface area contributed by atoms with E-state index in [4.69, 9.17) is 0 Å². The molecular formula is C6HBF5. The molecule has 0 saturated heterocycles. The van der Waals surface area contributed by atoms with E-state index >= 15 is 0 Å². The molecule has 0 spiro atoms. The van der Waals surface area contributed by atoms with Crippen LogP contribution in [0.3, 0.4) is 0 Å². The third-order valence-corrected chi connectivity index (χ3v) is 1.06. The van der Waals surface area contributed by atoms with Crippen molar-refractivity contribution in [2.75, 3.05) is 0 Å². The Morgan fingerprint density at radius 3 is 1.33 bits per heavy atom. The summed E-state index contributed by atoms with van der Waals surface area (Å²) in [6, 6.07) is -0.0618. The summed E-state index contributed by atoms with van der Waals surface area (Å²) in [5.74, 6) is -9.65. The number of halogens is 5. The van der Waals surface area contributed by atoms with Gasteiger partial charge in [0, 0.05) is 14.5 Å². The number of benzene rings is 1. The third-order valence-electron chi connectivity index (χ3n) is 1.06. The van der Waals surface area contributed by atoms with Crippen molar-refractivity contribution in [2.24, 2.45) is 0 Å². The van der Waals surface area contributed by atoms with Crippen molar-refractivity contribution in [1.82, 2.24) is 0 Å². The molecule has 0 aliphatic rings. The van der Waals surface area contributed by atoms with E-state index in [1.54, 1.807) is 0 Å². The van der Waals surface area contributed by atoms with E-state index in [9.17, 15) is 22.0 Å². The van der Waals surface area contributed by atoms with E-state index in [1.165, 1.54) is 0 Å². The summed E-state index contributed by atoms with van der Waals surface area (Å²) in [6.07, 6.45) is 0. The molecule has 0 fully saturated rings. The van der Waals surface area contributed by atoms with Crippen molar-refractivity contribution in [2.45, 2.75) is 0 Å². The van der Waals surface area contributed by atoms with Gasteiger partial charge in [-0.2, -0.15) is 0 Å². The molecule has 0 atom stereocenters. The van der Waals surface area contributed by atoms with E-state index in [1.807, 2.05) is 0 Å². The molecule has 0 N–H and O–H groups in total. The van der Waals surface area contributed by atoms with Crippen LogP contribution in [0.15, 0.2) is 6.07 Å². The molecule has 0 saturated carbocycles. The van der Waals surface area contributed by atoms with Crippen LogP contribution in [0.25, 0.3) is 0 Å². The summed E-state index contributed by atoms with van der Waals surface area (Å²) in [5.41, 5.74) is 0. The highest BCUT2D eigenvalue weighted by Gasteiger charge is 2.18. The van der Waals surface area contributed by atoms with Crippen LogP contribution in [0, 0.1) is 29.1 Å². The van der Waals surface area contributed by atoms with Crippen LogP contribution in [0.4, 0.5) is 22.0 Å². The van der Waals surface area contributed by atoms with E-state index in [0.29, 0.717) is 0 Å². The predicted molar refractivity (Wildman–Crippen MR) is 32.0 cm³/mol. The van der Waals surface area contributed by atoms with Crippen LogP contribution in [0.5, 0.6) is 0 Å². The number of hydrogen-bond donors (Lipinski definition) is 0. The molecule has 12 heavy (non-hydrogen) atoms. The second-order valence-electron chi connectivity index (χ2n) is 1.78. The summed E-state index contributed by atoms with van der Waals surface area (Å²) in [7, 11) is 0. The third kappa shape index (κ3) is 1.57. The molecule has 0 aliphatic carbocycles. The molecule has 6 heteroatoms. The summed E-state index contributed by atoms with van der Waals surface area (Å²) in [6.45, 7) is 0. The van der Waals surface area contributed by atoms with Gasteiger partial charge in [-0.3, -0.25) is 0 Å². The van der Waals surface area contributed by atoms with Gasteiger partial charge in [0.25, 0.3) is 0 Å². The zero-order valence-electron chi connectivity index (χ0n) is 5.54. The van der Waals surface area contributed by atoms with E-state index < -0.39 is 29.1 Å². The minimum Gasteiger partial charge on any atom is -0.204 e. The summed E-state index contributed by atoms with van der Waals surface area (Å²) < 4.78 is 60.0. The van der Waals surface area contributed by atoms with Gasteiger partial charge in [0.2, 0.25) is 5.82 Å². The van der Waals surface area contributed by atoms with E-state index in [0.717, 1.165) is 0 Å². The highest BCUT2D eigenvalue weighted by atomic mass is 19.2. The van der Waals surface area contributed by atoms with Crippen LogP contribution >= 0.6 is 0 Å². The molecule has 0 heterocycles. The maximum Gasteiger partial charge on any atom is 0.200 e. The lowest BCUT2D eigenvalue weighted by molar-refractivity contribution is 0.378. The first-order chi connectivity index (χ1) is 5.04. The van der Waals surface area contributed by atoms with Gasteiger partial charge >= 0.3 is 0 Å². The Morgan fingerprint density at radius 1 is 0.667 bits per heavy atom. The maximum atomic E-state index is 12.0. The quantitative estimate of drug-likeness (QED) is 0.247. The van der Waals surface area contributed by atoms with Gasteiger partial charge in [0.05, 0.1) is 0 Å². The maximum absolute atomic E-state index is 12.0. The predicted octanol–water partition coefficient (Wildman–Crippen LogP) is 2.00. The van der Waals surface area contributed by atoms with Gasteiger partial charge in [-0.15, -0.1) is 0 Å². The highest BCUT2D eigenvalue weighted by molar-refractivity contribution is 5.75. The Hall–Kier alpha value is -1.07. The smallest absolute Gasteiger partial charge is 0.200 e. The van der Waals surface area contributed by atoms with Crippen LogP contribution < -0.4 is 0 Å². The van der Waals surface area contributed by atoms with Crippen molar-refractivity contribution in [1.29, 1.82) is 0 Å². The molecule has 63 valence electrons. The first-order valence-electron chi connectivity index (χ1n) is 2.52. The number of hydrogen-bond acceptors (Lipinski definition) is 0. The monoisotopic (exact) mass is 179 g/mol. The lowest BCUT2D eigenvalue weighted by Crippen LogP contribution is -1.98. The molecule has 0 aliphatic heterocycles. The number of rotatable bonds is 0. The van der Waals surface area contributed by atoms with Crippen molar-refractivity contribution >= 4 is 8.41 Å². The van der Waals surface area contributed by atoms with Gasteiger partial charge in [-0.05, 0) is 0 Å². The molecule has 0 unspecified atom stereocenters. The lowest BCUT2D eigenvalue weighted by Gasteiger charge is -1.96. The molecule has 3 radical (unpaired) electrons. The van der Waals surface area contributed by atoms with E-state index in [-0.39, 0.29) is 14.5 Å². The summed E-state index contributed by atoms with van der Waals surface area (Å²) in [5, 5.41) is 0. The molecule has 1 aromatic carbocycles. The van der Waals surface area contributed by atoms with Crippen LogP contribution in [-0.2, 0) is 0 Å². The second kappa shape index (κ2) is 3.56. The van der Waals surface area contributed by atoms with Gasteiger partial charge < -0.3 is 0 Å². The molecular weight excluding hydrogens is 178 g/mol. The Morgan fingerprint density at radius 2 is 1.00 bits per heavy atom. The van der Waals surface area contributed by atoms with Crippen molar-refractivity contribution < 1.29 is 22.0 Å². The largest absolute Gasteiger partial charge is 0.204 e. The minimum absolute atomic E-state index is 0. The zero-order valence-corrected chi connectivity index (χ0v) is 5.54. The van der Waals surface area contributed by atoms with Gasteiger partial charge in [-0.25, -0.2) is 22.0 Å². The van der Waals surface area contributed by atoms with Gasteiger partial charge in [0.15, 0.2) is 23.3 Å². The first kappa shape index (κ1) is 10.9. The molecule has 0 nitrogen and oxygen atoms in total. The van der Waals surface area contributed by atoms with E-state index in [2.05, 4.69) is 0 Å². The molecule has 1 rings (SSSR count). The Bertz CT molecular complexity index is 272. The fourth-order valence-electron chi connectivity index (χ4n) is 0.544. The van der Waals surface area contributed by atoms with Crippen LogP contribution in [0.1, 0.15) is 0 Å². The molecule has 0 aromatic heterocycles. The summed E-state index contributed by atoms with van der Waals surface area (Å²) >= 11 is 0. The second-order valence-corrected chi connectivity index (χ2v) is 1.78. The minimum atomic E-state index is -2.14. The molecule has 0 amide bonds. The highest BCUT2D eigenvalue weighted by Crippen LogP contribution is 2.16. The first-order valence-corrected chi connectivity index (χ1v) is 2.52. The van der Waals surface area contributed by atoms with Crippen LogP contribution in [-0.4, -0.2) is 8.41 Å². The average molecular weight is 179 g/mol. The fraction of sp³-hybridized carbons (Fsp3) is 0. The zero-order chi connectivity index (χ0) is 8.59. The van der Waals surface area contributed by atoms with Crippen molar-refractivity contribution in [3.63, 3.8) is 0 Å². The Labute approximate surface area is 66.6 Å². The Balaban J connectivity index is 0.00000121. The molecule has 1 aromatic rings. The average Bonchev–Trinajstić information content (AvgIpc) is 1.97. The summed E-state index contributed by atoms with van der Waals surface area (Å²) in [4.78, 5) is 0. The van der Waals surface area contributed by atoms with Crippen LogP contribution in [0.2, 0.25) is 0 Å². The van der Waals surface area contributed by atoms with Gasteiger partial charge in [-0.1, -0.05) is 0 Å². The van der Waals surface area contributed by atoms with Gasteiger partial charge in [0.1, 0.15) is 0 Å². The molecule has 0 bridgehead atoms. The lowest BCUT2D eigenvalue weighted by atomic mass is 10.3. The van der Waals surface area contributed by atoms with Crippen molar-refractivity contribution in [3.8, 4) is 0 Å². The Kier molecular flexibility index (Phi) is 3.24. The van der Waals surface area contributed by atoms with Crippen molar-refractivity contribution in [3.05, 3.63) is 35.2 Å². The normalized spacial score (nSPS) is 9.42.